The first-order valence-electron chi connectivity index (χ1n) is 9.43. The average molecular weight is 379 g/mol. The van der Waals surface area contributed by atoms with Crippen LogP contribution in [0.3, 0.4) is 0 Å². The summed E-state index contributed by atoms with van der Waals surface area (Å²) in [5.74, 6) is 0.904. The molecule has 2 aliphatic heterocycles. The Labute approximate surface area is 162 Å². The Morgan fingerprint density at radius 1 is 1.15 bits per heavy atom. The van der Waals surface area contributed by atoms with Gasteiger partial charge < -0.3 is 14.6 Å². The summed E-state index contributed by atoms with van der Waals surface area (Å²) in [5, 5.41) is 4.11. The van der Waals surface area contributed by atoms with Gasteiger partial charge >= 0.3 is 0 Å². The van der Waals surface area contributed by atoms with Crippen molar-refractivity contribution >= 4 is 22.4 Å². The molecule has 2 aromatic heterocycles. The first-order valence-corrected chi connectivity index (χ1v) is 10.3. The van der Waals surface area contributed by atoms with Gasteiger partial charge in [0, 0.05) is 35.9 Å². The van der Waals surface area contributed by atoms with Gasteiger partial charge in [-0.05, 0) is 30.5 Å². The summed E-state index contributed by atoms with van der Waals surface area (Å²) < 4.78 is 5.66. The summed E-state index contributed by atoms with van der Waals surface area (Å²) in [6, 6.07) is 12.1. The second-order valence-corrected chi connectivity index (χ2v) is 8.11. The number of aromatic nitrogens is 1. The molecule has 5 nitrogen and oxygen atoms in total. The van der Waals surface area contributed by atoms with E-state index in [1.54, 1.807) is 17.6 Å². The van der Waals surface area contributed by atoms with Crippen molar-refractivity contribution in [1.29, 1.82) is 0 Å². The molecule has 1 amide bonds. The minimum Gasteiger partial charge on any atom is -0.464 e. The van der Waals surface area contributed by atoms with E-state index in [9.17, 15) is 4.79 Å². The summed E-state index contributed by atoms with van der Waals surface area (Å²) >= 11 is 1.75. The van der Waals surface area contributed by atoms with E-state index in [1.807, 2.05) is 24.3 Å². The number of rotatable bonds is 3. The maximum atomic E-state index is 12.4. The van der Waals surface area contributed by atoms with Crippen molar-refractivity contribution in [2.24, 2.45) is 0 Å². The normalized spacial score (nSPS) is 19.6. The van der Waals surface area contributed by atoms with Gasteiger partial charge in [0.25, 0.3) is 0 Å². The Morgan fingerprint density at radius 3 is 2.81 bits per heavy atom. The molecule has 0 spiro atoms. The number of nitrogens with zero attached hydrogens (tertiary/aromatic N) is 2. The zero-order valence-electron chi connectivity index (χ0n) is 15.0. The molecule has 2 aliphatic rings. The van der Waals surface area contributed by atoms with Gasteiger partial charge in [-0.3, -0.25) is 4.79 Å². The lowest BCUT2D eigenvalue weighted by atomic mass is 9.89. The average Bonchev–Trinajstić information content (AvgIpc) is 3.45. The third-order valence-electron chi connectivity index (χ3n) is 5.37. The molecule has 0 bridgehead atoms. The number of carbonyl (C=O) groups is 1. The van der Waals surface area contributed by atoms with E-state index in [2.05, 4.69) is 22.3 Å². The number of thiazole rings is 1. The van der Waals surface area contributed by atoms with Crippen molar-refractivity contribution in [3.05, 3.63) is 58.8 Å². The molecule has 27 heavy (non-hydrogen) atoms. The first-order chi connectivity index (χ1) is 13.3. The molecule has 5 rings (SSSR count). The molecule has 1 saturated heterocycles. The molecular formula is C21H21N3O2S. The third kappa shape index (κ3) is 3.04. The molecule has 0 radical (unpaired) electrons. The van der Waals surface area contributed by atoms with E-state index in [0.29, 0.717) is 13.0 Å². The van der Waals surface area contributed by atoms with Gasteiger partial charge in [-0.1, -0.05) is 24.3 Å². The summed E-state index contributed by atoms with van der Waals surface area (Å²) in [4.78, 5) is 20.9. The number of anilines is 1. The predicted octanol–water partition coefficient (Wildman–Crippen LogP) is 4.16. The highest BCUT2D eigenvalue weighted by Gasteiger charge is 2.31. The predicted molar refractivity (Wildman–Crippen MR) is 106 cm³/mol. The Balaban J connectivity index is 1.61. The van der Waals surface area contributed by atoms with Crippen LogP contribution in [0.15, 0.2) is 47.1 Å². The Morgan fingerprint density at radius 2 is 2.00 bits per heavy atom. The fourth-order valence-electron chi connectivity index (χ4n) is 4.03. The molecule has 1 aromatic carbocycles. The molecular weight excluding hydrogens is 358 g/mol. The topological polar surface area (TPSA) is 58.4 Å². The monoisotopic (exact) mass is 379 g/mol. The van der Waals surface area contributed by atoms with Crippen molar-refractivity contribution < 1.29 is 9.21 Å². The van der Waals surface area contributed by atoms with Gasteiger partial charge in [0.15, 0.2) is 5.13 Å². The van der Waals surface area contributed by atoms with Gasteiger partial charge in [0.05, 0.1) is 18.5 Å². The summed E-state index contributed by atoms with van der Waals surface area (Å²) in [6.45, 7) is 2.66. The highest BCUT2D eigenvalue weighted by Crippen LogP contribution is 2.42. The number of hydrogen-bond donors (Lipinski definition) is 1. The van der Waals surface area contributed by atoms with Crippen LogP contribution in [0.5, 0.6) is 0 Å². The van der Waals surface area contributed by atoms with Gasteiger partial charge in [-0.25, -0.2) is 4.98 Å². The van der Waals surface area contributed by atoms with Crippen molar-refractivity contribution in [3.8, 4) is 11.3 Å². The molecule has 3 aromatic rings. The quantitative estimate of drug-likeness (QED) is 0.743. The highest BCUT2D eigenvalue weighted by atomic mass is 32.1. The molecule has 1 atom stereocenters. The Kier molecular flexibility index (Phi) is 4.20. The van der Waals surface area contributed by atoms with Crippen LogP contribution in [0.4, 0.5) is 5.13 Å². The van der Waals surface area contributed by atoms with E-state index in [0.717, 1.165) is 40.8 Å². The maximum Gasteiger partial charge on any atom is 0.221 e. The summed E-state index contributed by atoms with van der Waals surface area (Å²) in [7, 11) is 0. The molecule has 4 heterocycles. The largest absolute Gasteiger partial charge is 0.464 e. The van der Waals surface area contributed by atoms with E-state index in [1.165, 1.54) is 17.7 Å². The van der Waals surface area contributed by atoms with Crippen LogP contribution >= 0.6 is 11.3 Å². The maximum absolute atomic E-state index is 12.4. The number of hydrogen-bond acceptors (Lipinski definition) is 5. The number of amides is 1. The van der Waals surface area contributed by atoms with Gasteiger partial charge in [-0.15, -0.1) is 11.3 Å². The number of fused-ring (bicyclic) bond motifs is 1. The van der Waals surface area contributed by atoms with Crippen molar-refractivity contribution in [1.82, 2.24) is 10.3 Å². The van der Waals surface area contributed by atoms with Crippen LogP contribution in [-0.4, -0.2) is 24.0 Å². The second-order valence-electron chi connectivity index (χ2n) is 7.10. The third-order valence-corrected chi connectivity index (χ3v) is 6.65. The number of nitrogens with one attached hydrogen (secondary N) is 1. The van der Waals surface area contributed by atoms with E-state index >= 15 is 0 Å². The first kappa shape index (κ1) is 16.6. The fourth-order valence-corrected chi connectivity index (χ4v) is 5.29. The van der Waals surface area contributed by atoms with Gasteiger partial charge in [0.2, 0.25) is 5.91 Å². The SMILES string of the molecule is O=C1CC(c2ccccc2-c2ccco2)c2sc(N3CCCC3)nc2CN1. The van der Waals surface area contributed by atoms with Crippen LogP contribution in [0.25, 0.3) is 11.3 Å². The van der Waals surface area contributed by atoms with Crippen LogP contribution in [-0.2, 0) is 11.3 Å². The number of benzene rings is 1. The van der Waals surface area contributed by atoms with Crippen molar-refractivity contribution in [2.45, 2.75) is 31.7 Å². The lowest BCUT2D eigenvalue weighted by molar-refractivity contribution is -0.121. The molecule has 1 fully saturated rings. The Bertz CT molecular complexity index is 958. The van der Waals surface area contributed by atoms with Crippen molar-refractivity contribution in [2.75, 3.05) is 18.0 Å². The van der Waals surface area contributed by atoms with Crippen LogP contribution in [0.2, 0.25) is 0 Å². The lowest BCUT2D eigenvalue weighted by Crippen LogP contribution is -2.22. The smallest absolute Gasteiger partial charge is 0.221 e. The molecule has 0 saturated carbocycles. The fraction of sp³-hybridized carbons (Fsp3) is 0.333. The number of carbonyl (C=O) groups excluding carboxylic acids is 1. The van der Waals surface area contributed by atoms with Gasteiger partial charge in [-0.2, -0.15) is 0 Å². The zero-order valence-corrected chi connectivity index (χ0v) is 15.8. The minimum atomic E-state index is -0.00217. The van der Waals surface area contributed by atoms with E-state index < -0.39 is 0 Å². The van der Waals surface area contributed by atoms with Crippen LogP contribution < -0.4 is 10.2 Å². The van der Waals surface area contributed by atoms with Crippen LogP contribution in [0.1, 0.15) is 41.3 Å². The molecule has 1 N–H and O–H groups in total. The van der Waals surface area contributed by atoms with E-state index in [4.69, 9.17) is 9.40 Å². The number of furan rings is 1. The molecule has 6 heteroatoms. The molecule has 138 valence electrons. The standard InChI is InChI=1S/C21H21N3O2S/c25-19-12-16(14-6-1-2-7-15(14)18-8-5-11-26-18)20-17(13-22-19)23-21(27-20)24-9-3-4-10-24/h1-2,5-8,11,16H,3-4,9-10,12-13H2,(H,22,25). The minimum absolute atomic E-state index is 0.00217. The van der Waals surface area contributed by atoms with Crippen LogP contribution in [0, 0.1) is 0 Å². The van der Waals surface area contributed by atoms with Crippen molar-refractivity contribution in [3.63, 3.8) is 0 Å². The zero-order chi connectivity index (χ0) is 18.2. The molecule has 1 unspecified atom stereocenters. The highest BCUT2D eigenvalue weighted by molar-refractivity contribution is 7.15. The second kappa shape index (κ2) is 6.85. The Hall–Kier alpha value is -2.60. The summed E-state index contributed by atoms with van der Waals surface area (Å²) in [5.41, 5.74) is 3.18. The van der Waals surface area contributed by atoms with Gasteiger partial charge in [0.1, 0.15) is 5.76 Å². The summed E-state index contributed by atoms with van der Waals surface area (Å²) in [6.07, 6.45) is 4.58. The molecule has 0 aliphatic carbocycles. The van der Waals surface area contributed by atoms with E-state index in [-0.39, 0.29) is 11.8 Å². The lowest BCUT2D eigenvalue weighted by Gasteiger charge is -2.17.